The average molecular weight is 246 g/mol. The molecule has 0 spiro atoms. The van der Waals surface area contributed by atoms with Gasteiger partial charge in [-0.05, 0) is 29.8 Å². The molecule has 1 aromatic rings. The average Bonchev–Trinajstić information content (AvgIpc) is 2.39. The minimum atomic E-state index is -0.252. The normalized spacial score (nSPS) is 17.6. The fourth-order valence-electron chi connectivity index (χ4n) is 2.17. The molecule has 0 aromatic heterocycles. The van der Waals surface area contributed by atoms with Crippen molar-refractivity contribution in [3.8, 4) is 6.07 Å². The Morgan fingerprint density at radius 3 is 2.50 bits per heavy atom. The van der Waals surface area contributed by atoms with Gasteiger partial charge in [-0.1, -0.05) is 0 Å². The first-order valence-corrected chi connectivity index (χ1v) is 6.12. The van der Waals surface area contributed by atoms with E-state index in [1.807, 2.05) is 0 Å². The van der Waals surface area contributed by atoms with Gasteiger partial charge in [-0.25, -0.2) is 4.39 Å². The molecule has 1 aromatic carbocycles. The van der Waals surface area contributed by atoms with Crippen LogP contribution in [0.15, 0.2) is 30.3 Å². The molecule has 2 rings (SSSR count). The smallest absolute Gasteiger partial charge is 0.123 e. The summed E-state index contributed by atoms with van der Waals surface area (Å²) < 4.78 is 12.9. The summed E-state index contributed by atoms with van der Waals surface area (Å²) in [6, 6.07) is 8.40. The van der Waals surface area contributed by atoms with E-state index in [2.05, 4.69) is 18.0 Å². The van der Waals surface area contributed by atoms with Crippen molar-refractivity contribution in [1.29, 1.82) is 5.26 Å². The van der Waals surface area contributed by atoms with E-state index < -0.39 is 0 Å². The van der Waals surface area contributed by atoms with Crippen LogP contribution < -0.4 is 4.90 Å². The molecular weight excluding hydrogens is 229 g/mol. The quantitative estimate of drug-likeness (QED) is 0.771. The Labute approximate surface area is 107 Å². The summed E-state index contributed by atoms with van der Waals surface area (Å²) in [5.74, 6) is -0.252. The Balaban J connectivity index is 2.22. The third-order valence-electron chi connectivity index (χ3n) is 3.30. The molecule has 1 aliphatic rings. The van der Waals surface area contributed by atoms with E-state index in [-0.39, 0.29) is 5.82 Å². The number of hydrogen-bond acceptors (Lipinski definition) is 2. The summed E-state index contributed by atoms with van der Waals surface area (Å²) >= 11 is 0. The summed E-state index contributed by atoms with van der Waals surface area (Å²) in [4.78, 5) is 3.70. The largest absolute Gasteiger partial charge is 0.359 e. The first-order chi connectivity index (χ1) is 8.70. The molecule has 18 heavy (non-hydrogen) atoms. The van der Waals surface area contributed by atoms with Crippen molar-refractivity contribution in [2.75, 3.05) is 33.2 Å². The highest BCUT2D eigenvalue weighted by Crippen LogP contribution is 2.19. The summed E-state index contributed by atoms with van der Waals surface area (Å²) in [6.45, 7) is 3.97. The molecule has 3 nitrogen and oxygen atoms in total. The van der Waals surface area contributed by atoms with E-state index >= 15 is 0 Å². The van der Waals surface area contributed by atoms with Crippen molar-refractivity contribution >= 4 is 5.70 Å². The van der Waals surface area contributed by atoms with E-state index in [4.69, 9.17) is 5.26 Å². The molecule has 0 bridgehead atoms. The number of nitriles is 1. The lowest BCUT2D eigenvalue weighted by atomic mass is 10.1. The second kappa shape index (κ2) is 5.65. The number of halogens is 1. The Bertz CT molecular complexity index is 465. The van der Waals surface area contributed by atoms with Crippen LogP contribution in [0.1, 0.15) is 5.56 Å². The molecule has 1 heterocycles. The molecule has 0 atom stereocenters. The van der Waals surface area contributed by atoms with Crippen LogP contribution in [0.25, 0.3) is 5.70 Å². The Hall–Kier alpha value is -1.86. The van der Waals surface area contributed by atoms with Gasteiger partial charge >= 0.3 is 0 Å². The third-order valence-corrected chi connectivity index (χ3v) is 3.30. The molecule has 4 heteroatoms. The maximum atomic E-state index is 12.9. The topological polar surface area (TPSA) is 31.5 Å². The molecule has 1 saturated heterocycles. The second-order valence-corrected chi connectivity index (χ2v) is 4.61. The fourth-order valence-corrected chi connectivity index (χ4v) is 2.17. The molecule has 0 radical (unpaired) electrons. The maximum absolute atomic E-state index is 12.9. The van der Waals surface area contributed by atoms with Crippen LogP contribution in [0.5, 0.6) is 0 Å². The van der Waals surface area contributed by atoms with Gasteiger partial charge in [-0.3, -0.25) is 0 Å². The van der Waals surface area contributed by atoms with Crippen molar-refractivity contribution in [2.24, 2.45) is 0 Å². The number of benzene rings is 1. The second-order valence-electron chi connectivity index (χ2n) is 4.61. The summed E-state index contributed by atoms with van der Waals surface area (Å²) in [7, 11) is 2.17. The Kier molecular flexibility index (Phi) is 3.96. The number of likely N-dealkylation sites (N-methyl/N-ethyl adjacent to an activating group) is 1. The molecule has 0 amide bonds. The number of hydrogen-bond donors (Lipinski definition) is 1. The number of piperazine rings is 1. The zero-order valence-electron chi connectivity index (χ0n) is 10.5. The lowest BCUT2D eigenvalue weighted by Gasteiger charge is -2.33. The van der Waals surface area contributed by atoms with Gasteiger partial charge in [-0.2, -0.15) is 5.26 Å². The first kappa shape index (κ1) is 12.6. The van der Waals surface area contributed by atoms with Crippen molar-refractivity contribution in [3.05, 3.63) is 41.7 Å². The van der Waals surface area contributed by atoms with Crippen LogP contribution in [0.3, 0.4) is 0 Å². The van der Waals surface area contributed by atoms with Crippen LogP contribution in [0.2, 0.25) is 0 Å². The lowest BCUT2D eigenvalue weighted by molar-refractivity contribution is -0.883. The molecule has 1 fully saturated rings. The van der Waals surface area contributed by atoms with Gasteiger partial charge in [0.2, 0.25) is 0 Å². The number of nitrogens with one attached hydrogen (secondary N) is 1. The van der Waals surface area contributed by atoms with Gasteiger partial charge in [0, 0.05) is 6.08 Å². The van der Waals surface area contributed by atoms with Crippen LogP contribution in [-0.2, 0) is 0 Å². The van der Waals surface area contributed by atoms with Gasteiger partial charge in [0.1, 0.15) is 5.82 Å². The van der Waals surface area contributed by atoms with E-state index in [0.717, 1.165) is 37.4 Å². The SMILES string of the molecule is C[NH+]1CCN(/C(=C/C#N)c2ccc(F)cc2)CC1. The van der Waals surface area contributed by atoms with Gasteiger partial charge in [0.25, 0.3) is 0 Å². The number of allylic oxidation sites excluding steroid dienone is 1. The molecule has 0 unspecified atom stereocenters. The zero-order chi connectivity index (χ0) is 13.0. The molecule has 0 aliphatic carbocycles. The maximum Gasteiger partial charge on any atom is 0.123 e. The predicted octanol–water partition coefficient (Wildman–Crippen LogP) is 0.520. The Morgan fingerprint density at radius 2 is 1.94 bits per heavy atom. The highest BCUT2D eigenvalue weighted by atomic mass is 19.1. The van der Waals surface area contributed by atoms with Crippen LogP contribution in [-0.4, -0.2) is 38.1 Å². The van der Waals surface area contributed by atoms with Gasteiger partial charge in [-0.15, -0.1) is 0 Å². The summed E-state index contributed by atoms with van der Waals surface area (Å²) in [6.07, 6.45) is 1.55. The lowest BCUT2D eigenvalue weighted by Crippen LogP contribution is -3.11. The molecular formula is C14H17FN3+. The molecule has 94 valence electrons. The van der Waals surface area contributed by atoms with Gasteiger partial charge in [0.15, 0.2) is 0 Å². The molecule has 1 aliphatic heterocycles. The highest BCUT2D eigenvalue weighted by Gasteiger charge is 2.19. The van der Waals surface area contributed by atoms with E-state index in [9.17, 15) is 4.39 Å². The minimum Gasteiger partial charge on any atom is -0.359 e. The van der Waals surface area contributed by atoms with E-state index in [0.29, 0.717) is 0 Å². The van der Waals surface area contributed by atoms with E-state index in [1.165, 1.54) is 17.0 Å². The highest BCUT2D eigenvalue weighted by molar-refractivity contribution is 5.66. The van der Waals surface area contributed by atoms with Crippen molar-refractivity contribution in [1.82, 2.24) is 4.90 Å². The minimum absolute atomic E-state index is 0.252. The van der Waals surface area contributed by atoms with Gasteiger partial charge in [0.05, 0.1) is 45.0 Å². The van der Waals surface area contributed by atoms with E-state index in [1.54, 1.807) is 18.2 Å². The molecule has 0 saturated carbocycles. The number of rotatable bonds is 2. The van der Waals surface area contributed by atoms with Crippen molar-refractivity contribution in [3.63, 3.8) is 0 Å². The third kappa shape index (κ3) is 2.88. The van der Waals surface area contributed by atoms with Crippen LogP contribution >= 0.6 is 0 Å². The van der Waals surface area contributed by atoms with Crippen molar-refractivity contribution in [2.45, 2.75) is 0 Å². The summed E-state index contributed by atoms with van der Waals surface area (Å²) in [5, 5.41) is 8.90. The van der Waals surface area contributed by atoms with Crippen molar-refractivity contribution < 1.29 is 9.29 Å². The monoisotopic (exact) mass is 246 g/mol. The predicted molar refractivity (Wildman–Crippen MR) is 68.2 cm³/mol. The van der Waals surface area contributed by atoms with Crippen LogP contribution in [0.4, 0.5) is 4.39 Å². The van der Waals surface area contributed by atoms with Crippen LogP contribution in [0, 0.1) is 17.1 Å². The molecule has 1 N–H and O–H groups in total. The standard InChI is InChI=1S/C14H16FN3/c1-17-8-10-18(11-9-17)14(6-7-16)12-2-4-13(15)5-3-12/h2-6H,8-11H2,1H3/p+1/b14-6+. The zero-order valence-corrected chi connectivity index (χ0v) is 10.5. The number of nitrogens with zero attached hydrogens (tertiary/aromatic N) is 2. The number of quaternary nitrogens is 1. The summed E-state index contributed by atoms with van der Waals surface area (Å²) in [5.41, 5.74) is 1.79. The fraction of sp³-hybridized carbons (Fsp3) is 0.357. The van der Waals surface area contributed by atoms with Gasteiger partial charge < -0.3 is 9.80 Å². The first-order valence-electron chi connectivity index (χ1n) is 6.12. The Morgan fingerprint density at radius 1 is 1.33 bits per heavy atom.